The highest BCUT2D eigenvalue weighted by molar-refractivity contribution is 5.76. The average molecular weight is 374 g/mol. The zero-order chi connectivity index (χ0) is 19.1. The fourth-order valence-electron chi connectivity index (χ4n) is 4.34. The normalized spacial score (nSPS) is 23.6. The van der Waals surface area contributed by atoms with Crippen molar-refractivity contribution in [1.29, 1.82) is 0 Å². The second-order valence-electron chi connectivity index (χ2n) is 8.44. The van der Waals surface area contributed by atoms with Crippen molar-refractivity contribution in [2.75, 3.05) is 24.3 Å². The minimum Gasteiger partial charge on any atom is -0.363 e. The molecule has 0 aromatic carbocycles. The summed E-state index contributed by atoms with van der Waals surface area (Å²) in [5.41, 5.74) is 0. The van der Waals surface area contributed by atoms with Gasteiger partial charge < -0.3 is 15.5 Å². The third-order valence-electron chi connectivity index (χ3n) is 6.03. The summed E-state index contributed by atoms with van der Waals surface area (Å²) in [4.78, 5) is 23.1. The Morgan fingerprint density at radius 1 is 1.07 bits per heavy atom. The molecule has 1 aromatic heterocycles. The molecule has 1 aromatic rings. The molecule has 2 aliphatic rings. The first-order chi connectivity index (χ1) is 13.1. The van der Waals surface area contributed by atoms with Crippen LogP contribution in [-0.4, -0.2) is 42.1 Å². The molecule has 0 aliphatic heterocycles. The Balaban J connectivity index is 1.36. The minimum atomic E-state index is 0.249. The van der Waals surface area contributed by atoms with Crippen molar-refractivity contribution in [3.63, 3.8) is 0 Å². The van der Waals surface area contributed by atoms with Gasteiger partial charge in [0.15, 0.2) is 0 Å². The quantitative estimate of drug-likeness (QED) is 0.762. The number of aromatic nitrogens is 2. The lowest BCUT2D eigenvalue weighted by Gasteiger charge is -2.30. The first kappa shape index (κ1) is 19.9. The molecule has 6 heteroatoms. The van der Waals surface area contributed by atoms with Crippen LogP contribution < -0.4 is 15.5 Å². The van der Waals surface area contributed by atoms with E-state index >= 15 is 0 Å². The Morgan fingerprint density at radius 3 is 2.48 bits per heavy atom. The van der Waals surface area contributed by atoms with Crippen LogP contribution in [0, 0.1) is 5.92 Å². The van der Waals surface area contributed by atoms with E-state index in [9.17, 15) is 4.79 Å². The average Bonchev–Trinajstić information content (AvgIpc) is 2.69. The monoisotopic (exact) mass is 373 g/mol. The molecule has 2 saturated carbocycles. The summed E-state index contributed by atoms with van der Waals surface area (Å²) >= 11 is 0. The van der Waals surface area contributed by atoms with E-state index in [2.05, 4.69) is 20.6 Å². The molecule has 0 bridgehead atoms. The highest BCUT2D eigenvalue weighted by Gasteiger charge is 2.23. The van der Waals surface area contributed by atoms with Gasteiger partial charge in [-0.1, -0.05) is 32.1 Å². The molecular formula is C21H35N5O. The fraction of sp³-hybridized carbons (Fsp3) is 0.762. The first-order valence-electron chi connectivity index (χ1n) is 10.7. The molecule has 1 heterocycles. The summed E-state index contributed by atoms with van der Waals surface area (Å²) < 4.78 is 0. The van der Waals surface area contributed by atoms with Crippen molar-refractivity contribution >= 4 is 17.7 Å². The van der Waals surface area contributed by atoms with Crippen molar-refractivity contribution in [1.82, 2.24) is 15.3 Å². The van der Waals surface area contributed by atoms with Gasteiger partial charge in [-0.15, -0.1) is 0 Å². The molecular weight excluding hydrogens is 338 g/mol. The Kier molecular flexibility index (Phi) is 7.30. The van der Waals surface area contributed by atoms with Crippen LogP contribution in [0.2, 0.25) is 0 Å². The molecule has 0 radical (unpaired) electrons. The maximum atomic E-state index is 12.3. The molecule has 2 fully saturated rings. The van der Waals surface area contributed by atoms with Crippen LogP contribution in [0.3, 0.4) is 0 Å². The predicted molar refractivity (Wildman–Crippen MR) is 110 cm³/mol. The molecule has 0 unspecified atom stereocenters. The Bertz CT molecular complexity index is 592. The number of carbonyl (C=O) groups excluding carboxylic acids is 1. The molecule has 27 heavy (non-hydrogen) atoms. The smallest absolute Gasteiger partial charge is 0.224 e. The molecule has 1 amide bonds. The number of nitrogens with zero attached hydrogens (tertiary/aromatic N) is 3. The number of anilines is 2. The van der Waals surface area contributed by atoms with Crippen molar-refractivity contribution in [2.45, 2.75) is 82.7 Å². The lowest BCUT2D eigenvalue weighted by Crippen LogP contribution is -2.40. The second kappa shape index (κ2) is 9.90. The Labute approximate surface area is 163 Å². The SMILES string of the molecule is CN(C)c1ccnc(NC2CCC(NC(=O)CCC3CCCCC3)CC2)n1. The third kappa shape index (κ3) is 6.36. The number of hydrogen-bond acceptors (Lipinski definition) is 5. The Hall–Kier alpha value is -1.85. The van der Waals surface area contributed by atoms with E-state index in [1.807, 2.05) is 25.1 Å². The van der Waals surface area contributed by atoms with E-state index in [0.29, 0.717) is 24.5 Å². The maximum Gasteiger partial charge on any atom is 0.224 e. The van der Waals surface area contributed by atoms with Gasteiger partial charge in [-0.2, -0.15) is 4.98 Å². The highest BCUT2D eigenvalue weighted by Crippen LogP contribution is 2.27. The number of hydrogen-bond donors (Lipinski definition) is 2. The van der Waals surface area contributed by atoms with E-state index in [1.54, 1.807) is 6.20 Å². The van der Waals surface area contributed by atoms with E-state index in [4.69, 9.17) is 0 Å². The summed E-state index contributed by atoms with van der Waals surface area (Å²) in [6, 6.07) is 2.62. The van der Waals surface area contributed by atoms with Crippen molar-refractivity contribution in [3.8, 4) is 0 Å². The summed E-state index contributed by atoms with van der Waals surface area (Å²) in [7, 11) is 3.96. The standard InChI is InChI=1S/C21H35N5O/c1-26(2)19-14-15-22-21(25-19)24-18-11-9-17(10-12-18)23-20(27)13-8-16-6-4-3-5-7-16/h14-18H,3-13H2,1-2H3,(H,23,27)(H,22,24,25). The van der Waals surface area contributed by atoms with Crippen molar-refractivity contribution < 1.29 is 4.79 Å². The van der Waals surface area contributed by atoms with Gasteiger partial charge in [0.05, 0.1) is 0 Å². The van der Waals surface area contributed by atoms with Crippen LogP contribution in [-0.2, 0) is 4.79 Å². The summed E-state index contributed by atoms with van der Waals surface area (Å²) in [6.07, 6.45) is 14.4. The Morgan fingerprint density at radius 2 is 1.78 bits per heavy atom. The fourth-order valence-corrected chi connectivity index (χ4v) is 4.34. The molecule has 0 spiro atoms. The van der Waals surface area contributed by atoms with Gasteiger partial charge in [0.2, 0.25) is 11.9 Å². The van der Waals surface area contributed by atoms with Crippen LogP contribution >= 0.6 is 0 Å². The van der Waals surface area contributed by atoms with Crippen LogP contribution in [0.25, 0.3) is 0 Å². The third-order valence-corrected chi connectivity index (χ3v) is 6.03. The first-order valence-corrected chi connectivity index (χ1v) is 10.7. The summed E-state index contributed by atoms with van der Waals surface area (Å²) in [5, 5.41) is 6.72. The van der Waals surface area contributed by atoms with Gasteiger partial charge in [0, 0.05) is 38.8 Å². The van der Waals surface area contributed by atoms with Gasteiger partial charge in [-0.25, -0.2) is 4.98 Å². The highest BCUT2D eigenvalue weighted by atomic mass is 16.1. The molecule has 6 nitrogen and oxygen atoms in total. The van der Waals surface area contributed by atoms with Crippen LogP contribution in [0.1, 0.15) is 70.6 Å². The molecule has 3 rings (SSSR count). The zero-order valence-corrected chi connectivity index (χ0v) is 16.9. The number of amides is 1. The van der Waals surface area contributed by atoms with E-state index < -0.39 is 0 Å². The van der Waals surface area contributed by atoms with Crippen molar-refractivity contribution in [3.05, 3.63) is 12.3 Å². The van der Waals surface area contributed by atoms with Gasteiger partial charge >= 0.3 is 0 Å². The van der Waals surface area contributed by atoms with Gasteiger partial charge in [-0.3, -0.25) is 4.79 Å². The van der Waals surface area contributed by atoms with Crippen LogP contribution in [0.4, 0.5) is 11.8 Å². The van der Waals surface area contributed by atoms with Gasteiger partial charge in [-0.05, 0) is 44.1 Å². The minimum absolute atomic E-state index is 0.249. The predicted octanol–water partition coefficient (Wildman–Crippen LogP) is 3.74. The molecule has 150 valence electrons. The number of carbonyl (C=O) groups is 1. The van der Waals surface area contributed by atoms with Gasteiger partial charge in [0.1, 0.15) is 5.82 Å². The van der Waals surface area contributed by atoms with E-state index in [0.717, 1.165) is 43.8 Å². The molecule has 0 saturated heterocycles. The topological polar surface area (TPSA) is 70.2 Å². The lowest BCUT2D eigenvalue weighted by atomic mass is 9.86. The summed E-state index contributed by atoms with van der Waals surface area (Å²) in [5.74, 6) is 2.63. The van der Waals surface area contributed by atoms with Crippen LogP contribution in [0.5, 0.6) is 0 Å². The van der Waals surface area contributed by atoms with E-state index in [-0.39, 0.29) is 5.91 Å². The maximum absolute atomic E-state index is 12.3. The lowest BCUT2D eigenvalue weighted by molar-refractivity contribution is -0.122. The largest absolute Gasteiger partial charge is 0.363 e. The van der Waals surface area contributed by atoms with Gasteiger partial charge in [0.25, 0.3) is 0 Å². The van der Waals surface area contributed by atoms with E-state index in [1.165, 1.54) is 32.1 Å². The number of nitrogens with one attached hydrogen (secondary N) is 2. The zero-order valence-electron chi connectivity index (χ0n) is 16.9. The summed E-state index contributed by atoms with van der Waals surface area (Å²) in [6.45, 7) is 0. The van der Waals surface area contributed by atoms with Crippen LogP contribution in [0.15, 0.2) is 12.3 Å². The second-order valence-corrected chi connectivity index (χ2v) is 8.44. The van der Waals surface area contributed by atoms with Crippen molar-refractivity contribution in [2.24, 2.45) is 5.92 Å². The molecule has 2 aliphatic carbocycles. The number of rotatable bonds is 7. The molecule has 0 atom stereocenters. The molecule has 2 N–H and O–H groups in total.